The number of para-hydroxylation sites is 1. The molecule has 1 aromatic heterocycles. The van der Waals surface area contributed by atoms with E-state index in [1.54, 1.807) is 7.11 Å². The maximum atomic E-state index is 5.91. The first-order valence-electron chi connectivity index (χ1n) is 4.96. The van der Waals surface area contributed by atoms with E-state index in [4.69, 9.17) is 20.9 Å². The summed E-state index contributed by atoms with van der Waals surface area (Å²) < 4.78 is 10.4. The number of halogens is 1. The molecule has 0 spiro atoms. The van der Waals surface area contributed by atoms with E-state index in [0.29, 0.717) is 5.76 Å². The molecule has 0 radical (unpaired) electrons. The minimum Gasteiger partial charge on any atom is -0.496 e. The van der Waals surface area contributed by atoms with Gasteiger partial charge in [-0.05, 0) is 19.1 Å². The lowest BCUT2D eigenvalue weighted by Gasteiger charge is -2.03. The van der Waals surface area contributed by atoms with Gasteiger partial charge in [0.2, 0.25) is 0 Å². The van der Waals surface area contributed by atoms with Crippen molar-refractivity contribution in [2.24, 2.45) is 0 Å². The molecule has 0 amide bonds. The molecule has 4 heteroatoms. The molecule has 1 atom stereocenters. The third-order valence-electron chi connectivity index (χ3n) is 2.30. The van der Waals surface area contributed by atoms with Crippen molar-refractivity contribution in [2.75, 3.05) is 7.11 Å². The number of hydrogen-bond acceptors (Lipinski definition) is 3. The highest BCUT2D eigenvalue weighted by molar-refractivity contribution is 6.20. The van der Waals surface area contributed by atoms with Gasteiger partial charge in [-0.15, -0.1) is 11.6 Å². The molecule has 2 aromatic rings. The quantitative estimate of drug-likeness (QED) is 0.765. The number of ether oxygens (including phenoxy) is 1. The van der Waals surface area contributed by atoms with Crippen molar-refractivity contribution in [3.63, 3.8) is 0 Å². The molecule has 0 fully saturated rings. The predicted octanol–water partition coefficient (Wildman–Crippen LogP) is 3.65. The zero-order valence-electron chi connectivity index (χ0n) is 9.11. The van der Waals surface area contributed by atoms with Gasteiger partial charge in [-0.2, -0.15) is 0 Å². The van der Waals surface area contributed by atoms with Crippen molar-refractivity contribution < 1.29 is 9.26 Å². The van der Waals surface area contributed by atoms with Crippen LogP contribution in [0.15, 0.2) is 34.9 Å². The Hall–Kier alpha value is -1.48. The van der Waals surface area contributed by atoms with E-state index in [9.17, 15) is 0 Å². The average Bonchev–Trinajstić information content (AvgIpc) is 2.78. The summed E-state index contributed by atoms with van der Waals surface area (Å²) >= 11 is 5.91. The summed E-state index contributed by atoms with van der Waals surface area (Å²) in [4.78, 5) is 0. The van der Waals surface area contributed by atoms with Crippen LogP contribution in [0, 0.1) is 0 Å². The first kappa shape index (κ1) is 11.0. The number of hydrogen-bond donors (Lipinski definition) is 0. The Morgan fingerprint density at radius 1 is 1.38 bits per heavy atom. The Bertz CT molecular complexity index is 479. The third kappa shape index (κ3) is 2.04. The lowest BCUT2D eigenvalue weighted by Crippen LogP contribution is -1.86. The minimum atomic E-state index is -0.184. The van der Waals surface area contributed by atoms with Crippen LogP contribution in [0.3, 0.4) is 0 Å². The second kappa shape index (κ2) is 4.58. The van der Waals surface area contributed by atoms with E-state index in [0.717, 1.165) is 17.0 Å². The molecule has 2 rings (SSSR count). The van der Waals surface area contributed by atoms with E-state index >= 15 is 0 Å². The van der Waals surface area contributed by atoms with Gasteiger partial charge in [-0.1, -0.05) is 17.3 Å². The van der Waals surface area contributed by atoms with Crippen LogP contribution in [0.25, 0.3) is 11.3 Å². The summed E-state index contributed by atoms with van der Waals surface area (Å²) in [6.45, 7) is 1.84. The van der Waals surface area contributed by atoms with E-state index in [2.05, 4.69) is 5.16 Å². The maximum absolute atomic E-state index is 5.91. The Labute approximate surface area is 99.0 Å². The maximum Gasteiger partial charge on any atom is 0.154 e. The Morgan fingerprint density at radius 3 is 2.75 bits per heavy atom. The van der Waals surface area contributed by atoms with Crippen LogP contribution in [-0.2, 0) is 0 Å². The van der Waals surface area contributed by atoms with E-state index in [1.807, 2.05) is 37.3 Å². The zero-order valence-corrected chi connectivity index (χ0v) is 9.86. The third-order valence-corrected chi connectivity index (χ3v) is 2.52. The van der Waals surface area contributed by atoms with E-state index < -0.39 is 0 Å². The highest BCUT2D eigenvalue weighted by atomic mass is 35.5. The average molecular weight is 238 g/mol. The summed E-state index contributed by atoms with van der Waals surface area (Å²) in [5.74, 6) is 1.42. The summed E-state index contributed by atoms with van der Waals surface area (Å²) in [7, 11) is 1.63. The van der Waals surface area contributed by atoms with E-state index in [-0.39, 0.29) is 5.38 Å². The molecule has 0 saturated heterocycles. The van der Waals surface area contributed by atoms with Gasteiger partial charge in [0, 0.05) is 11.6 Å². The van der Waals surface area contributed by atoms with Crippen LogP contribution < -0.4 is 4.74 Å². The summed E-state index contributed by atoms with van der Waals surface area (Å²) in [6.07, 6.45) is 0. The van der Waals surface area contributed by atoms with Gasteiger partial charge in [0.05, 0.1) is 12.5 Å². The van der Waals surface area contributed by atoms with Crippen LogP contribution in [0.2, 0.25) is 0 Å². The van der Waals surface area contributed by atoms with Crippen LogP contribution in [-0.4, -0.2) is 12.3 Å². The molecule has 1 heterocycles. The van der Waals surface area contributed by atoms with Crippen molar-refractivity contribution >= 4 is 11.6 Å². The summed E-state index contributed by atoms with van der Waals surface area (Å²) in [6, 6.07) is 9.48. The van der Waals surface area contributed by atoms with Crippen LogP contribution in [0.1, 0.15) is 18.1 Å². The zero-order chi connectivity index (χ0) is 11.5. The van der Waals surface area contributed by atoms with Gasteiger partial charge in [-0.25, -0.2) is 0 Å². The molecular formula is C12H12ClNO2. The molecule has 3 nitrogen and oxygen atoms in total. The Balaban J connectivity index is 2.42. The predicted molar refractivity (Wildman–Crippen MR) is 62.8 cm³/mol. The van der Waals surface area contributed by atoms with Gasteiger partial charge in [0.15, 0.2) is 5.76 Å². The minimum absolute atomic E-state index is 0.184. The molecule has 0 N–H and O–H groups in total. The second-order valence-corrected chi connectivity index (χ2v) is 4.09. The van der Waals surface area contributed by atoms with Crippen LogP contribution >= 0.6 is 11.6 Å². The fourth-order valence-electron chi connectivity index (χ4n) is 1.46. The van der Waals surface area contributed by atoms with Gasteiger partial charge < -0.3 is 9.26 Å². The molecule has 0 bridgehead atoms. The monoisotopic (exact) mass is 237 g/mol. The lowest BCUT2D eigenvalue weighted by molar-refractivity contribution is 0.384. The van der Waals surface area contributed by atoms with E-state index in [1.165, 1.54) is 0 Å². The van der Waals surface area contributed by atoms with Crippen molar-refractivity contribution in [3.8, 4) is 17.0 Å². The van der Waals surface area contributed by atoms with Crippen molar-refractivity contribution in [2.45, 2.75) is 12.3 Å². The Morgan fingerprint density at radius 2 is 2.12 bits per heavy atom. The first-order chi connectivity index (χ1) is 7.72. The highest BCUT2D eigenvalue weighted by Gasteiger charge is 2.13. The number of aromatic nitrogens is 1. The topological polar surface area (TPSA) is 35.3 Å². The number of nitrogens with zero attached hydrogens (tertiary/aromatic N) is 1. The second-order valence-electron chi connectivity index (χ2n) is 3.43. The van der Waals surface area contributed by atoms with Gasteiger partial charge >= 0.3 is 0 Å². The molecular weight excluding hydrogens is 226 g/mol. The van der Waals surface area contributed by atoms with Gasteiger partial charge in [-0.3, -0.25) is 0 Å². The number of rotatable bonds is 3. The molecule has 16 heavy (non-hydrogen) atoms. The van der Waals surface area contributed by atoms with Crippen LogP contribution in [0.4, 0.5) is 0 Å². The highest BCUT2D eigenvalue weighted by Crippen LogP contribution is 2.31. The summed E-state index contributed by atoms with van der Waals surface area (Å²) in [5, 5.41) is 3.79. The molecule has 1 unspecified atom stereocenters. The standard InChI is InChI=1S/C12H12ClNO2/c1-8(13)12-7-10(14-16-12)9-5-3-4-6-11(9)15-2/h3-8H,1-2H3. The Kier molecular flexibility index (Phi) is 3.15. The van der Waals surface area contributed by atoms with Crippen molar-refractivity contribution in [1.82, 2.24) is 5.16 Å². The number of benzene rings is 1. The molecule has 0 saturated carbocycles. The molecule has 1 aromatic carbocycles. The number of methoxy groups -OCH3 is 1. The molecule has 0 aliphatic heterocycles. The largest absolute Gasteiger partial charge is 0.496 e. The molecule has 84 valence electrons. The van der Waals surface area contributed by atoms with Crippen LogP contribution in [0.5, 0.6) is 5.75 Å². The normalized spacial score (nSPS) is 12.4. The fraction of sp³-hybridized carbons (Fsp3) is 0.250. The fourth-order valence-corrected chi connectivity index (χ4v) is 1.56. The van der Waals surface area contributed by atoms with Crippen molar-refractivity contribution in [1.29, 1.82) is 0 Å². The lowest BCUT2D eigenvalue weighted by atomic mass is 10.1. The molecule has 0 aliphatic carbocycles. The first-order valence-corrected chi connectivity index (χ1v) is 5.40. The number of alkyl halides is 1. The molecule has 0 aliphatic rings. The summed E-state index contributed by atoms with van der Waals surface area (Å²) in [5.41, 5.74) is 1.64. The van der Waals surface area contributed by atoms with Crippen molar-refractivity contribution in [3.05, 3.63) is 36.1 Å². The van der Waals surface area contributed by atoms with Gasteiger partial charge in [0.1, 0.15) is 11.4 Å². The van der Waals surface area contributed by atoms with Gasteiger partial charge in [0.25, 0.3) is 0 Å². The smallest absolute Gasteiger partial charge is 0.154 e. The SMILES string of the molecule is COc1ccccc1-c1cc(C(C)Cl)on1.